The van der Waals surface area contributed by atoms with Crippen molar-refractivity contribution in [2.24, 2.45) is 0 Å². The zero-order valence-corrected chi connectivity index (χ0v) is 15.4. The molecule has 7 heteroatoms. The van der Waals surface area contributed by atoms with E-state index in [1.165, 1.54) is 18.2 Å². The normalized spacial score (nSPS) is 21.1. The van der Waals surface area contributed by atoms with E-state index in [0.29, 0.717) is 12.1 Å². The van der Waals surface area contributed by atoms with Crippen LogP contribution in [-0.4, -0.2) is 47.7 Å². The smallest absolute Gasteiger partial charge is 0.134 e. The molecule has 0 N–H and O–H groups in total. The molecule has 2 fully saturated rings. The van der Waals surface area contributed by atoms with E-state index in [2.05, 4.69) is 19.8 Å². The van der Waals surface area contributed by atoms with Gasteiger partial charge in [0.2, 0.25) is 0 Å². The van der Waals surface area contributed by atoms with Crippen LogP contribution in [0.4, 0.5) is 20.4 Å². The Morgan fingerprint density at radius 1 is 0.962 bits per heavy atom. The van der Waals surface area contributed by atoms with E-state index >= 15 is 0 Å². The van der Waals surface area contributed by atoms with Crippen LogP contribution in [0.2, 0.25) is 0 Å². The largest absolute Gasteiger partial charge is 0.356 e. The standard InChI is InChI=1S/C19H22F2N4S/c20-15-3-4-17(21)16(10-15)14-2-1-5-25(12-14)19-11-18(22-13-23-19)24-6-8-26-9-7-24/h3-4,10-11,13-14H,1-2,5-9,12H2. The van der Waals surface area contributed by atoms with Crippen molar-refractivity contribution in [2.75, 3.05) is 47.5 Å². The highest BCUT2D eigenvalue weighted by molar-refractivity contribution is 7.99. The Balaban J connectivity index is 1.53. The minimum Gasteiger partial charge on any atom is -0.356 e. The molecule has 2 aliphatic rings. The van der Waals surface area contributed by atoms with Crippen LogP contribution in [0.25, 0.3) is 0 Å². The Hall–Kier alpha value is -1.89. The lowest BCUT2D eigenvalue weighted by molar-refractivity contribution is 0.480. The fraction of sp³-hybridized carbons (Fsp3) is 0.474. The van der Waals surface area contributed by atoms with Crippen molar-refractivity contribution >= 4 is 23.4 Å². The Morgan fingerprint density at radius 2 is 1.73 bits per heavy atom. The summed E-state index contributed by atoms with van der Waals surface area (Å²) in [7, 11) is 0. The third-order valence-corrected chi connectivity index (χ3v) is 6.06. The summed E-state index contributed by atoms with van der Waals surface area (Å²) in [6.07, 6.45) is 3.40. The quantitative estimate of drug-likeness (QED) is 0.816. The minimum atomic E-state index is -0.384. The van der Waals surface area contributed by atoms with Crippen LogP contribution >= 0.6 is 11.8 Å². The van der Waals surface area contributed by atoms with Gasteiger partial charge in [0.05, 0.1) is 0 Å². The molecule has 2 aliphatic heterocycles. The van der Waals surface area contributed by atoms with E-state index < -0.39 is 0 Å². The minimum absolute atomic E-state index is 0.0238. The van der Waals surface area contributed by atoms with Crippen LogP contribution in [0, 0.1) is 11.6 Å². The summed E-state index contributed by atoms with van der Waals surface area (Å²) in [6.45, 7) is 3.52. The van der Waals surface area contributed by atoms with Crippen molar-refractivity contribution in [1.29, 1.82) is 0 Å². The van der Waals surface area contributed by atoms with Crippen LogP contribution in [0.1, 0.15) is 24.3 Å². The van der Waals surface area contributed by atoms with Gasteiger partial charge in [-0.25, -0.2) is 18.7 Å². The number of nitrogens with zero attached hydrogens (tertiary/aromatic N) is 4. The lowest BCUT2D eigenvalue weighted by Crippen LogP contribution is -2.36. The molecule has 0 saturated carbocycles. The molecular formula is C19H22F2N4S. The van der Waals surface area contributed by atoms with Crippen molar-refractivity contribution in [3.63, 3.8) is 0 Å². The predicted molar refractivity (Wildman–Crippen MR) is 102 cm³/mol. The zero-order chi connectivity index (χ0) is 17.9. The molecule has 1 atom stereocenters. The van der Waals surface area contributed by atoms with E-state index in [0.717, 1.165) is 55.6 Å². The SMILES string of the molecule is Fc1ccc(F)c(C2CCCN(c3cc(N4CCSCC4)ncn3)C2)c1. The van der Waals surface area contributed by atoms with Gasteiger partial charge in [-0.3, -0.25) is 0 Å². The van der Waals surface area contributed by atoms with Crippen molar-refractivity contribution in [3.05, 3.63) is 47.8 Å². The summed E-state index contributed by atoms with van der Waals surface area (Å²) in [5.41, 5.74) is 0.469. The van der Waals surface area contributed by atoms with Gasteiger partial charge in [-0.2, -0.15) is 11.8 Å². The number of piperidine rings is 1. The molecular weight excluding hydrogens is 354 g/mol. The first-order valence-electron chi connectivity index (χ1n) is 9.05. The lowest BCUT2D eigenvalue weighted by Gasteiger charge is -2.34. The highest BCUT2D eigenvalue weighted by Gasteiger charge is 2.25. The van der Waals surface area contributed by atoms with Gasteiger partial charge in [0.1, 0.15) is 29.6 Å². The summed E-state index contributed by atoms with van der Waals surface area (Å²) in [4.78, 5) is 13.3. The predicted octanol–water partition coefficient (Wildman–Crippen LogP) is 3.69. The molecule has 0 bridgehead atoms. The first-order valence-corrected chi connectivity index (χ1v) is 10.2. The van der Waals surface area contributed by atoms with Gasteiger partial charge in [0.25, 0.3) is 0 Å². The van der Waals surface area contributed by atoms with Gasteiger partial charge in [-0.15, -0.1) is 0 Å². The van der Waals surface area contributed by atoms with Crippen LogP contribution in [0.5, 0.6) is 0 Å². The molecule has 0 amide bonds. The number of aromatic nitrogens is 2. The number of hydrogen-bond acceptors (Lipinski definition) is 5. The Bertz CT molecular complexity index is 767. The van der Waals surface area contributed by atoms with E-state index in [1.54, 1.807) is 6.33 Å². The Kier molecular flexibility index (Phi) is 5.24. The van der Waals surface area contributed by atoms with E-state index in [1.807, 2.05) is 17.8 Å². The molecule has 2 saturated heterocycles. The summed E-state index contributed by atoms with van der Waals surface area (Å²) in [6, 6.07) is 5.76. The molecule has 3 heterocycles. The molecule has 4 rings (SSSR count). The van der Waals surface area contributed by atoms with E-state index in [-0.39, 0.29) is 17.6 Å². The molecule has 138 valence electrons. The van der Waals surface area contributed by atoms with Gasteiger partial charge < -0.3 is 9.80 Å². The zero-order valence-electron chi connectivity index (χ0n) is 14.6. The maximum atomic E-state index is 14.2. The average Bonchev–Trinajstić information content (AvgIpc) is 2.71. The molecule has 1 unspecified atom stereocenters. The molecule has 1 aromatic carbocycles. The van der Waals surface area contributed by atoms with Crippen molar-refractivity contribution in [1.82, 2.24) is 9.97 Å². The molecule has 0 radical (unpaired) electrons. The van der Waals surface area contributed by atoms with Gasteiger partial charge in [-0.05, 0) is 36.6 Å². The maximum Gasteiger partial charge on any atom is 0.134 e. The topological polar surface area (TPSA) is 32.3 Å². The second-order valence-corrected chi connectivity index (χ2v) is 8.01. The summed E-state index contributed by atoms with van der Waals surface area (Å²) in [5, 5.41) is 0. The van der Waals surface area contributed by atoms with E-state index in [4.69, 9.17) is 0 Å². The summed E-state index contributed by atoms with van der Waals surface area (Å²) < 4.78 is 27.7. The highest BCUT2D eigenvalue weighted by atomic mass is 32.2. The Morgan fingerprint density at radius 3 is 2.54 bits per heavy atom. The number of anilines is 2. The summed E-state index contributed by atoms with van der Waals surface area (Å²) >= 11 is 1.96. The van der Waals surface area contributed by atoms with Crippen molar-refractivity contribution in [2.45, 2.75) is 18.8 Å². The van der Waals surface area contributed by atoms with Crippen LogP contribution in [0.15, 0.2) is 30.6 Å². The van der Waals surface area contributed by atoms with Gasteiger partial charge >= 0.3 is 0 Å². The molecule has 2 aromatic rings. The number of rotatable bonds is 3. The molecule has 26 heavy (non-hydrogen) atoms. The molecule has 1 aromatic heterocycles. The molecule has 4 nitrogen and oxygen atoms in total. The number of thioether (sulfide) groups is 1. The number of hydrogen-bond donors (Lipinski definition) is 0. The summed E-state index contributed by atoms with van der Waals surface area (Å²) in [5.74, 6) is 3.32. The fourth-order valence-electron chi connectivity index (χ4n) is 3.74. The highest BCUT2D eigenvalue weighted by Crippen LogP contribution is 2.32. The Labute approximate surface area is 156 Å². The van der Waals surface area contributed by atoms with Gasteiger partial charge in [0.15, 0.2) is 0 Å². The first-order chi connectivity index (χ1) is 12.7. The number of benzene rings is 1. The van der Waals surface area contributed by atoms with Crippen LogP contribution in [0.3, 0.4) is 0 Å². The van der Waals surface area contributed by atoms with Gasteiger partial charge in [-0.1, -0.05) is 0 Å². The lowest BCUT2D eigenvalue weighted by atomic mass is 9.90. The maximum absolute atomic E-state index is 14.2. The molecule has 0 spiro atoms. The number of halogens is 2. The molecule has 0 aliphatic carbocycles. The van der Waals surface area contributed by atoms with Crippen LogP contribution < -0.4 is 9.80 Å². The van der Waals surface area contributed by atoms with Crippen molar-refractivity contribution < 1.29 is 8.78 Å². The third-order valence-electron chi connectivity index (χ3n) is 5.12. The van der Waals surface area contributed by atoms with E-state index in [9.17, 15) is 8.78 Å². The average molecular weight is 376 g/mol. The van der Waals surface area contributed by atoms with Crippen molar-refractivity contribution in [3.8, 4) is 0 Å². The van der Waals surface area contributed by atoms with Gasteiger partial charge in [0, 0.05) is 49.7 Å². The fourth-order valence-corrected chi connectivity index (χ4v) is 4.65. The second-order valence-electron chi connectivity index (χ2n) is 6.78. The van der Waals surface area contributed by atoms with Crippen LogP contribution in [-0.2, 0) is 0 Å². The first kappa shape index (κ1) is 17.5. The second kappa shape index (κ2) is 7.78. The monoisotopic (exact) mass is 376 g/mol. The third kappa shape index (κ3) is 3.77.